The van der Waals surface area contributed by atoms with Gasteiger partial charge in [0, 0.05) is 32.1 Å². The number of benzene rings is 1. The Hall–Kier alpha value is -1.37. The number of para-hydroxylation sites is 1. The highest BCUT2D eigenvalue weighted by Gasteiger charge is 2.18. The van der Waals surface area contributed by atoms with Crippen molar-refractivity contribution in [1.29, 1.82) is 0 Å². The Balaban J connectivity index is 0.00000320. The van der Waals surface area contributed by atoms with E-state index in [1.54, 1.807) is 7.05 Å². The first-order valence-corrected chi connectivity index (χ1v) is 11.7. The summed E-state index contributed by atoms with van der Waals surface area (Å²) in [4.78, 5) is 4.16. The number of hydrogen-bond donors (Lipinski definition) is 3. The fourth-order valence-corrected chi connectivity index (χ4v) is 4.21. The van der Waals surface area contributed by atoms with E-state index in [1.165, 1.54) is 0 Å². The van der Waals surface area contributed by atoms with Gasteiger partial charge in [0.25, 0.3) is 0 Å². The number of sulfonamides is 1. The number of nitrogens with zero attached hydrogens (tertiary/aromatic N) is 1. The maximum Gasteiger partial charge on any atom is 0.213 e. The number of furan rings is 1. The van der Waals surface area contributed by atoms with E-state index in [9.17, 15) is 8.42 Å². The van der Waals surface area contributed by atoms with Crippen molar-refractivity contribution in [1.82, 2.24) is 15.4 Å². The van der Waals surface area contributed by atoms with Gasteiger partial charge < -0.3 is 19.8 Å². The van der Waals surface area contributed by atoms with Gasteiger partial charge in [-0.1, -0.05) is 18.2 Å². The largest absolute Gasteiger partial charge is 0.459 e. The van der Waals surface area contributed by atoms with Gasteiger partial charge in [-0.2, -0.15) is 0 Å². The zero-order chi connectivity index (χ0) is 20.7. The topological polar surface area (TPSA) is 105 Å². The van der Waals surface area contributed by atoms with Gasteiger partial charge in [0.1, 0.15) is 11.3 Å². The molecule has 0 aliphatic carbocycles. The summed E-state index contributed by atoms with van der Waals surface area (Å²) in [6.45, 7) is 3.25. The molecular formula is C20H31IN4O4S. The van der Waals surface area contributed by atoms with Crippen molar-refractivity contribution in [3.05, 3.63) is 36.1 Å². The van der Waals surface area contributed by atoms with Gasteiger partial charge >= 0.3 is 0 Å². The predicted octanol–water partition coefficient (Wildman–Crippen LogP) is 2.77. The number of rotatable bonds is 8. The normalized spacial score (nSPS) is 18.6. The third kappa shape index (κ3) is 7.40. The zero-order valence-corrected chi connectivity index (χ0v) is 20.5. The van der Waals surface area contributed by atoms with E-state index in [0.29, 0.717) is 19.1 Å². The van der Waals surface area contributed by atoms with E-state index in [1.807, 2.05) is 37.3 Å². The van der Waals surface area contributed by atoms with Gasteiger partial charge in [0.05, 0.1) is 17.9 Å². The third-order valence-corrected chi connectivity index (χ3v) is 6.26. The molecule has 2 unspecified atom stereocenters. The van der Waals surface area contributed by atoms with Crippen LogP contribution in [0.1, 0.15) is 38.0 Å². The van der Waals surface area contributed by atoms with Gasteiger partial charge in [0.2, 0.25) is 10.0 Å². The Morgan fingerprint density at radius 3 is 2.80 bits per heavy atom. The second-order valence-corrected chi connectivity index (χ2v) is 9.13. The molecular weight excluding hydrogens is 519 g/mol. The minimum atomic E-state index is -3.38. The number of nitrogens with one attached hydrogen (secondary N) is 3. The highest BCUT2D eigenvalue weighted by molar-refractivity contribution is 14.0. The minimum absolute atomic E-state index is 0. The first-order chi connectivity index (χ1) is 14.0. The van der Waals surface area contributed by atoms with Gasteiger partial charge in [-0.15, -0.1) is 24.0 Å². The van der Waals surface area contributed by atoms with Gasteiger partial charge in [-0.25, -0.2) is 13.1 Å². The Morgan fingerprint density at radius 2 is 2.10 bits per heavy atom. The highest BCUT2D eigenvalue weighted by atomic mass is 127. The third-order valence-electron chi connectivity index (χ3n) is 4.92. The van der Waals surface area contributed by atoms with Crippen LogP contribution in [0.25, 0.3) is 11.0 Å². The van der Waals surface area contributed by atoms with Crippen molar-refractivity contribution in [3.8, 4) is 0 Å². The van der Waals surface area contributed by atoms with Crippen molar-refractivity contribution in [2.24, 2.45) is 4.99 Å². The molecule has 30 heavy (non-hydrogen) atoms. The fraction of sp³-hybridized carbons (Fsp3) is 0.550. The summed E-state index contributed by atoms with van der Waals surface area (Å²) in [7, 11) is -1.73. The quantitative estimate of drug-likeness (QED) is 0.265. The predicted molar refractivity (Wildman–Crippen MR) is 130 cm³/mol. The molecule has 2 atom stereocenters. The summed E-state index contributed by atoms with van der Waals surface area (Å²) in [6.07, 6.45) is 3.01. The van der Waals surface area contributed by atoms with Crippen molar-refractivity contribution in [3.63, 3.8) is 0 Å². The second-order valence-electron chi connectivity index (χ2n) is 7.21. The Morgan fingerprint density at radius 1 is 1.30 bits per heavy atom. The molecule has 1 aliphatic heterocycles. The number of fused-ring (bicyclic) bond motifs is 1. The standard InChI is InChI=1S/C20H30N4O4S.HI/c1-15(19-13-16-7-3-4-9-18(16)28-19)24-20(21-2)22-10-12-29(25,26)23-14-17-8-5-6-11-27-17;/h3-4,7,9,13,15,17,23H,5-6,8,10-12,14H2,1-2H3,(H2,21,22,24);1H. The molecule has 10 heteroatoms. The van der Waals surface area contributed by atoms with E-state index in [0.717, 1.165) is 36.0 Å². The molecule has 1 saturated heterocycles. The molecule has 2 aromatic rings. The van der Waals surface area contributed by atoms with Crippen molar-refractivity contribution in [2.75, 3.05) is 32.5 Å². The molecule has 0 spiro atoms. The summed E-state index contributed by atoms with van der Waals surface area (Å²) in [6, 6.07) is 9.69. The van der Waals surface area contributed by atoms with Crippen LogP contribution in [0.3, 0.4) is 0 Å². The SMILES string of the molecule is CN=C(NCCS(=O)(=O)NCC1CCCCO1)NC(C)c1cc2ccccc2o1.I. The molecule has 3 N–H and O–H groups in total. The number of guanidine groups is 1. The molecule has 2 heterocycles. The van der Waals surface area contributed by atoms with Crippen LogP contribution >= 0.6 is 24.0 Å². The molecule has 0 bridgehead atoms. The maximum atomic E-state index is 12.2. The lowest BCUT2D eigenvalue weighted by atomic mass is 10.1. The number of halogens is 1. The number of ether oxygens (including phenoxy) is 1. The Bertz CT molecular complexity index is 893. The van der Waals surface area contributed by atoms with Crippen LogP contribution in [0.4, 0.5) is 0 Å². The first-order valence-electron chi connectivity index (χ1n) is 10.0. The van der Waals surface area contributed by atoms with E-state index in [4.69, 9.17) is 9.15 Å². The summed E-state index contributed by atoms with van der Waals surface area (Å²) in [5.74, 6) is 1.26. The second kappa shape index (κ2) is 11.9. The number of hydrogen-bond acceptors (Lipinski definition) is 5. The summed E-state index contributed by atoms with van der Waals surface area (Å²) >= 11 is 0. The Labute approximate surface area is 195 Å². The summed E-state index contributed by atoms with van der Waals surface area (Å²) in [5, 5.41) is 7.31. The molecule has 8 nitrogen and oxygen atoms in total. The monoisotopic (exact) mass is 550 g/mol. The summed E-state index contributed by atoms with van der Waals surface area (Å²) < 4.78 is 38.5. The lowest BCUT2D eigenvalue weighted by Crippen LogP contribution is -2.43. The molecule has 168 valence electrons. The zero-order valence-electron chi connectivity index (χ0n) is 17.4. The van der Waals surface area contributed by atoms with Crippen LogP contribution in [0.15, 0.2) is 39.7 Å². The average Bonchev–Trinajstić information content (AvgIpc) is 3.17. The molecule has 1 aromatic heterocycles. The molecule has 1 fully saturated rings. The molecule has 0 saturated carbocycles. The van der Waals surface area contributed by atoms with Crippen LogP contribution in [0.5, 0.6) is 0 Å². The number of aliphatic imine (C=N–C) groups is 1. The Kier molecular flexibility index (Phi) is 9.85. The lowest BCUT2D eigenvalue weighted by Gasteiger charge is -2.22. The van der Waals surface area contributed by atoms with Crippen molar-refractivity contribution < 1.29 is 17.6 Å². The summed E-state index contributed by atoms with van der Waals surface area (Å²) in [5.41, 5.74) is 0.832. The lowest BCUT2D eigenvalue weighted by molar-refractivity contribution is 0.0200. The average molecular weight is 550 g/mol. The van der Waals surface area contributed by atoms with Crippen LogP contribution in [0.2, 0.25) is 0 Å². The van der Waals surface area contributed by atoms with Crippen LogP contribution in [-0.2, 0) is 14.8 Å². The maximum absolute atomic E-state index is 12.2. The van der Waals surface area contributed by atoms with E-state index >= 15 is 0 Å². The van der Waals surface area contributed by atoms with Crippen LogP contribution in [0, 0.1) is 0 Å². The molecule has 3 rings (SSSR count). The van der Waals surface area contributed by atoms with Crippen LogP contribution in [-0.4, -0.2) is 53.0 Å². The van der Waals surface area contributed by atoms with Gasteiger partial charge in [-0.05, 0) is 38.3 Å². The molecule has 1 aromatic carbocycles. The fourth-order valence-electron chi connectivity index (χ4n) is 3.25. The highest BCUT2D eigenvalue weighted by Crippen LogP contribution is 2.23. The smallest absolute Gasteiger partial charge is 0.213 e. The minimum Gasteiger partial charge on any atom is -0.459 e. The van der Waals surface area contributed by atoms with Crippen molar-refractivity contribution in [2.45, 2.75) is 38.3 Å². The van der Waals surface area contributed by atoms with Crippen molar-refractivity contribution >= 4 is 50.9 Å². The molecule has 0 amide bonds. The van der Waals surface area contributed by atoms with Gasteiger partial charge in [-0.3, -0.25) is 4.99 Å². The van der Waals surface area contributed by atoms with E-state index in [-0.39, 0.29) is 48.4 Å². The molecule has 1 aliphatic rings. The van der Waals surface area contributed by atoms with E-state index < -0.39 is 10.0 Å². The molecule has 0 radical (unpaired) electrons. The van der Waals surface area contributed by atoms with E-state index in [2.05, 4.69) is 20.3 Å². The first kappa shape index (κ1) is 24.9. The van der Waals surface area contributed by atoms with Crippen LogP contribution < -0.4 is 15.4 Å². The van der Waals surface area contributed by atoms with Gasteiger partial charge in [0.15, 0.2) is 5.96 Å².